The summed E-state index contributed by atoms with van der Waals surface area (Å²) in [7, 11) is -1.84. The third-order valence-electron chi connectivity index (χ3n) is 4.73. The fraction of sp³-hybridized carbons (Fsp3) is 0.174. The number of sulfonamides is 1. The molecule has 0 spiro atoms. The standard InChI is InChI=1S/C23H23N3O4S.ClH/c1-4-30-16-10-11-18-21(14-16)24-19-8-6-5-7-17(19)23(18)25-20-12-9-15(13-22(20)29-2)26-31(3,27)28;/h5-14,26H,4H2,1-3H3,(H,24,25);1H. The minimum Gasteiger partial charge on any atom is -0.494 e. The van der Waals surface area contributed by atoms with E-state index in [0.717, 1.165) is 39.5 Å². The molecule has 0 aliphatic rings. The number of nitrogens with zero attached hydrogens (tertiary/aromatic N) is 1. The molecule has 0 fully saturated rings. The maximum atomic E-state index is 11.6. The van der Waals surface area contributed by atoms with E-state index >= 15 is 0 Å². The number of halogens is 1. The van der Waals surface area contributed by atoms with Crippen LogP contribution in [0.15, 0.2) is 60.7 Å². The van der Waals surface area contributed by atoms with Crippen molar-refractivity contribution >= 4 is 61.3 Å². The molecule has 0 radical (unpaired) electrons. The van der Waals surface area contributed by atoms with Crippen LogP contribution in [0, 0.1) is 0 Å². The van der Waals surface area contributed by atoms with E-state index < -0.39 is 10.0 Å². The van der Waals surface area contributed by atoms with Crippen molar-refractivity contribution < 1.29 is 17.9 Å². The van der Waals surface area contributed by atoms with E-state index in [0.29, 0.717) is 23.7 Å². The summed E-state index contributed by atoms with van der Waals surface area (Å²) in [5.41, 5.74) is 3.66. The highest BCUT2D eigenvalue weighted by Crippen LogP contribution is 2.38. The Hall–Kier alpha value is -3.23. The number of nitrogens with one attached hydrogen (secondary N) is 2. The number of fused-ring (bicyclic) bond motifs is 2. The van der Waals surface area contributed by atoms with Crippen molar-refractivity contribution in [3.05, 3.63) is 60.7 Å². The molecule has 1 heterocycles. The zero-order chi connectivity index (χ0) is 22.0. The van der Waals surface area contributed by atoms with Crippen molar-refractivity contribution in [1.29, 1.82) is 0 Å². The molecular weight excluding hydrogens is 450 g/mol. The van der Waals surface area contributed by atoms with Gasteiger partial charge in [-0.05, 0) is 37.3 Å². The Balaban J connectivity index is 0.00000289. The zero-order valence-electron chi connectivity index (χ0n) is 17.9. The third-order valence-corrected chi connectivity index (χ3v) is 5.33. The van der Waals surface area contributed by atoms with Crippen molar-refractivity contribution in [2.24, 2.45) is 0 Å². The highest BCUT2D eigenvalue weighted by Gasteiger charge is 2.13. The van der Waals surface area contributed by atoms with Gasteiger partial charge in [0.25, 0.3) is 0 Å². The Morgan fingerprint density at radius 1 is 0.969 bits per heavy atom. The number of hydrogen-bond donors (Lipinski definition) is 2. The number of methoxy groups -OCH3 is 1. The molecule has 0 amide bonds. The van der Waals surface area contributed by atoms with Gasteiger partial charge in [-0.2, -0.15) is 0 Å². The van der Waals surface area contributed by atoms with Crippen LogP contribution >= 0.6 is 12.4 Å². The van der Waals surface area contributed by atoms with Crippen molar-refractivity contribution in [1.82, 2.24) is 4.98 Å². The summed E-state index contributed by atoms with van der Waals surface area (Å²) >= 11 is 0. The third kappa shape index (κ3) is 4.98. The smallest absolute Gasteiger partial charge is 0.229 e. The number of para-hydroxylation sites is 1. The summed E-state index contributed by atoms with van der Waals surface area (Å²) in [5, 5.41) is 5.36. The molecule has 1 aromatic heterocycles. The van der Waals surface area contributed by atoms with Crippen LogP contribution in [0.3, 0.4) is 0 Å². The molecule has 0 aliphatic heterocycles. The Kier molecular flexibility index (Phi) is 6.96. The van der Waals surface area contributed by atoms with Gasteiger partial charge in [-0.25, -0.2) is 13.4 Å². The summed E-state index contributed by atoms with van der Waals surface area (Å²) in [4.78, 5) is 4.79. The van der Waals surface area contributed by atoms with Gasteiger partial charge >= 0.3 is 0 Å². The predicted molar refractivity (Wildman–Crippen MR) is 132 cm³/mol. The fourth-order valence-electron chi connectivity index (χ4n) is 3.47. The first-order valence-electron chi connectivity index (χ1n) is 9.76. The predicted octanol–water partition coefficient (Wildman–Crippen LogP) is 5.33. The number of anilines is 3. The average molecular weight is 474 g/mol. The van der Waals surface area contributed by atoms with Gasteiger partial charge in [0.05, 0.1) is 48.1 Å². The maximum Gasteiger partial charge on any atom is 0.229 e. The van der Waals surface area contributed by atoms with E-state index in [2.05, 4.69) is 10.0 Å². The summed E-state index contributed by atoms with van der Waals surface area (Å²) in [6.07, 6.45) is 1.11. The maximum absolute atomic E-state index is 11.6. The molecule has 0 aliphatic carbocycles. The molecular formula is C23H24ClN3O4S. The molecule has 4 rings (SSSR count). The van der Waals surface area contributed by atoms with Crippen molar-refractivity contribution in [2.45, 2.75) is 6.92 Å². The van der Waals surface area contributed by atoms with Gasteiger partial charge in [-0.15, -0.1) is 12.4 Å². The number of hydrogen-bond acceptors (Lipinski definition) is 6. The van der Waals surface area contributed by atoms with Crippen molar-refractivity contribution in [2.75, 3.05) is 30.0 Å². The van der Waals surface area contributed by atoms with E-state index in [1.165, 1.54) is 0 Å². The van der Waals surface area contributed by atoms with Gasteiger partial charge in [0.15, 0.2) is 0 Å². The molecule has 32 heavy (non-hydrogen) atoms. The summed E-state index contributed by atoms with van der Waals surface area (Å²) in [5.74, 6) is 1.27. The number of benzene rings is 3. The summed E-state index contributed by atoms with van der Waals surface area (Å²) in [6, 6.07) is 18.8. The lowest BCUT2D eigenvalue weighted by Crippen LogP contribution is -2.09. The zero-order valence-corrected chi connectivity index (χ0v) is 19.5. The minimum atomic E-state index is -3.39. The van der Waals surface area contributed by atoms with Crippen LogP contribution in [-0.4, -0.2) is 33.4 Å². The second-order valence-corrected chi connectivity index (χ2v) is 8.78. The average Bonchev–Trinajstić information content (AvgIpc) is 2.73. The van der Waals surface area contributed by atoms with E-state index in [-0.39, 0.29) is 12.4 Å². The molecule has 0 saturated heterocycles. The normalized spacial score (nSPS) is 11.1. The highest BCUT2D eigenvalue weighted by molar-refractivity contribution is 7.92. The Morgan fingerprint density at radius 2 is 1.72 bits per heavy atom. The molecule has 0 bridgehead atoms. The molecule has 9 heteroatoms. The quantitative estimate of drug-likeness (QED) is 0.352. The SMILES string of the molecule is CCOc1ccc2c(Nc3ccc(NS(C)(=O)=O)cc3OC)c3ccccc3nc2c1.Cl. The first-order valence-corrected chi connectivity index (χ1v) is 11.7. The van der Waals surface area contributed by atoms with E-state index in [1.54, 1.807) is 25.3 Å². The first-order chi connectivity index (χ1) is 14.9. The summed E-state index contributed by atoms with van der Waals surface area (Å²) in [6.45, 7) is 2.52. The number of ether oxygens (including phenoxy) is 2. The Bertz CT molecular complexity index is 1380. The van der Waals surface area contributed by atoms with Crippen LogP contribution in [0.25, 0.3) is 21.8 Å². The van der Waals surface area contributed by atoms with Crippen LogP contribution in [0.2, 0.25) is 0 Å². The van der Waals surface area contributed by atoms with Gasteiger partial charge < -0.3 is 14.8 Å². The van der Waals surface area contributed by atoms with Gasteiger partial charge in [0.1, 0.15) is 11.5 Å². The molecule has 4 aromatic rings. The second kappa shape index (κ2) is 9.50. The molecule has 0 atom stereocenters. The fourth-order valence-corrected chi connectivity index (χ4v) is 4.03. The number of aromatic nitrogens is 1. The van der Waals surface area contributed by atoms with E-state index in [9.17, 15) is 8.42 Å². The first kappa shape index (κ1) is 23.4. The topological polar surface area (TPSA) is 89.6 Å². The van der Waals surface area contributed by atoms with Crippen molar-refractivity contribution in [3.8, 4) is 11.5 Å². The lowest BCUT2D eigenvalue weighted by atomic mass is 10.1. The van der Waals surface area contributed by atoms with Gasteiger partial charge in [-0.1, -0.05) is 18.2 Å². The Morgan fingerprint density at radius 3 is 2.44 bits per heavy atom. The van der Waals surface area contributed by atoms with Crippen LogP contribution in [0.5, 0.6) is 11.5 Å². The van der Waals surface area contributed by atoms with E-state index in [1.807, 2.05) is 49.4 Å². The molecule has 7 nitrogen and oxygen atoms in total. The van der Waals surface area contributed by atoms with Crippen molar-refractivity contribution in [3.63, 3.8) is 0 Å². The monoisotopic (exact) mass is 473 g/mol. The second-order valence-electron chi connectivity index (χ2n) is 7.03. The molecule has 2 N–H and O–H groups in total. The summed E-state index contributed by atoms with van der Waals surface area (Å²) < 4.78 is 36.7. The number of rotatable bonds is 7. The minimum absolute atomic E-state index is 0. The molecule has 0 saturated carbocycles. The van der Waals surface area contributed by atoms with Crippen LogP contribution < -0.4 is 19.5 Å². The molecule has 3 aromatic carbocycles. The lowest BCUT2D eigenvalue weighted by Gasteiger charge is -2.17. The van der Waals surface area contributed by atoms with Gasteiger partial charge in [0, 0.05) is 22.9 Å². The van der Waals surface area contributed by atoms with E-state index in [4.69, 9.17) is 14.5 Å². The highest BCUT2D eigenvalue weighted by atomic mass is 35.5. The van der Waals surface area contributed by atoms with Crippen LogP contribution in [0.1, 0.15) is 6.92 Å². The molecule has 0 unspecified atom stereocenters. The van der Waals surface area contributed by atoms with Crippen LogP contribution in [-0.2, 0) is 10.0 Å². The Labute approximate surface area is 193 Å². The lowest BCUT2D eigenvalue weighted by molar-refractivity contribution is 0.340. The van der Waals surface area contributed by atoms with Crippen LogP contribution in [0.4, 0.5) is 17.1 Å². The largest absolute Gasteiger partial charge is 0.494 e. The van der Waals surface area contributed by atoms with Gasteiger partial charge in [-0.3, -0.25) is 4.72 Å². The molecule has 168 valence electrons. The number of pyridine rings is 1. The van der Waals surface area contributed by atoms with Gasteiger partial charge in [0.2, 0.25) is 10.0 Å².